The molecule has 7 N–H and O–H groups in total. The van der Waals surface area contributed by atoms with E-state index in [-0.39, 0.29) is 66.8 Å². The number of para-hydroxylation sites is 1. The quantitative estimate of drug-likeness (QED) is 0.0106. The molecular weight excluding hydrogens is 1860 g/mol. The van der Waals surface area contributed by atoms with Crippen molar-refractivity contribution >= 4 is 68.0 Å². The predicted molar refractivity (Wildman–Crippen MR) is 576 cm³/mol. The van der Waals surface area contributed by atoms with Crippen molar-refractivity contribution in [3.63, 3.8) is 0 Å². The van der Waals surface area contributed by atoms with Crippen molar-refractivity contribution in [1.29, 1.82) is 0 Å². The topological polar surface area (TPSA) is 262 Å². The van der Waals surface area contributed by atoms with Gasteiger partial charge in [0.05, 0.1) is 63.4 Å². The van der Waals surface area contributed by atoms with Crippen LogP contribution < -0.4 is 59.3 Å². The Balaban J connectivity index is 0.000000244. The molecule has 12 aromatic carbocycles. The Kier molecular flexibility index (Phi) is 51.0. The summed E-state index contributed by atoms with van der Waals surface area (Å²) in [6.07, 6.45) is 8.37. The number of hydrogen-bond acceptors (Lipinski definition) is 15. The first-order valence-corrected chi connectivity index (χ1v) is 48.8. The van der Waals surface area contributed by atoms with E-state index in [1.807, 2.05) is 213 Å². The molecule has 23 nitrogen and oxygen atoms in total. The van der Waals surface area contributed by atoms with Gasteiger partial charge in [-0.1, -0.05) is 198 Å². The Hall–Kier alpha value is -15.7. The second kappa shape index (κ2) is 63.8. The summed E-state index contributed by atoms with van der Waals surface area (Å²) in [6.45, 7) is 64.9. The number of aliphatic hydroxyl groups excluding tert-OH is 2. The molecule has 0 spiro atoms. The molecule has 12 rings (SSSR count). The molecule has 0 aromatic heterocycles. The summed E-state index contributed by atoms with van der Waals surface area (Å²) in [5.74, 6) is 3.53. The fourth-order valence-electron chi connectivity index (χ4n) is 14.0. The Labute approximate surface area is 852 Å². The van der Waals surface area contributed by atoms with Gasteiger partial charge in [0.1, 0.15) is 65.8 Å². The number of aliphatic hydroxyl groups is 2. The van der Waals surface area contributed by atoms with E-state index in [2.05, 4.69) is 138 Å². The number of hydrogen-bond donors (Lipinski definition) is 7. The van der Waals surface area contributed by atoms with Crippen molar-refractivity contribution in [3.8, 4) is 46.0 Å². The third-order valence-corrected chi connectivity index (χ3v) is 21.7. The van der Waals surface area contributed by atoms with Gasteiger partial charge < -0.3 is 74.6 Å². The Morgan fingerprint density at radius 3 is 1.02 bits per heavy atom. The Bertz CT molecular complexity index is 6170. The van der Waals surface area contributed by atoms with Gasteiger partial charge in [-0.15, -0.1) is 13.2 Å². The maximum atomic E-state index is 12.6. The largest absolute Gasteiger partial charge is 0.508 e. The number of ether oxygens (including phenoxy) is 7. The second-order valence-electron chi connectivity index (χ2n) is 33.7. The van der Waals surface area contributed by atoms with Crippen LogP contribution >= 0.6 is 15.9 Å². The number of nitrogens with zero attached hydrogens (tertiary/aromatic N) is 5. The van der Waals surface area contributed by atoms with Gasteiger partial charge in [-0.3, -0.25) is 19.2 Å². The van der Waals surface area contributed by atoms with E-state index < -0.39 is 6.10 Å². The highest BCUT2D eigenvalue weighted by atomic mass is 79.9. The van der Waals surface area contributed by atoms with Gasteiger partial charge in [-0.2, -0.15) is 0 Å². The molecule has 12 aromatic rings. The van der Waals surface area contributed by atoms with E-state index in [4.69, 9.17) is 59.4 Å². The molecule has 24 heteroatoms. The monoisotopic (exact) mass is 1990 g/mol. The maximum absolute atomic E-state index is 12.6. The molecule has 744 valence electrons. The van der Waals surface area contributed by atoms with Crippen LogP contribution in [0.3, 0.4) is 0 Å². The average Bonchev–Trinajstić information content (AvgIpc) is 0.873. The first-order valence-electron chi connectivity index (χ1n) is 47.6. The third-order valence-electron chi connectivity index (χ3n) is 21.0. The lowest BCUT2D eigenvalue weighted by Crippen LogP contribution is -2.25. The van der Waals surface area contributed by atoms with Gasteiger partial charge in [0.2, 0.25) is 46.4 Å². The molecule has 0 radical (unpaired) electrons. The number of amides is 4. The summed E-state index contributed by atoms with van der Waals surface area (Å²) in [6, 6.07) is 85.1. The van der Waals surface area contributed by atoms with Gasteiger partial charge in [-0.05, 0) is 279 Å². The van der Waals surface area contributed by atoms with Crippen LogP contribution in [0.4, 0.5) is 28.4 Å². The van der Waals surface area contributed by atoms with E-state index in [9.17, 15) is 34.5 Å². The third kappa shape index (κ3) is 41.3. The number of rotatable bonds is 44. The number of allylic oxidation sites excluding steroid dienone is 2. The van der Waals surface area contributed by atoms with Crippen LogP contribution in [0.25, 0.3) is 19.4 Å². The maximum Gasteiger partial charge on any atom is 0.250 e. The smallest absolute Gasteiger partial charge is 0.250 e. The number of aromatic hydroxyl groups is 1. The van der Waals surface area contributed by atoms with Gasteiger partial charge in [0, 0.05) is 79.0 Å². The normalized spacial score (nSPS) is 10.5. The SMILES string of the molecule is BrCc1ccccc1.CCN(CC)c1ccccc1.[C-]#[N+]c1cc(C(=O)NCCc2ccc(O)c(CC=C)c2)ccc1OC(C)C.[C-]#[N+]c1cc(C(=O)NCCc2ccc(OCC=C)cc2)ccc1OC(C)C.[C-]#[N+]c1cc(C(=O)NCCc2ccc(OCc3ccccc3)c(CC(O)CO)c2)ccc1OC(C)C.[C-]#[N+]c1cc(C(=O)NCCc2ccc(OCc3ccccc3)c(CC=C)c2)ccc1OC(C)C. The van der Waals surface area contributed by atoms with Crippen molar-refractivity contribution in [3.05, 3.63) is 435 Å². The number of anilines is 1. The molecule has 4 amide bonds. The van der Waals surface area contributed by atoms with Gasteiger partial charge in [-0.25, -0.2) is 19.4 Å². The number of benzene rings is 12. The number of carbonyl (C=O) groups is 4. The van der Waals surface area contributed by atoms with E-state index >= 15 is 0 Å². The molecule has 1 atom stereocenters. The number of carbonyl (C=O) groups excluding carboxylic acids is 4. The van der Waals surface area contributed by atoms with Crippen LogP contribution in [-0.4, -0.2) is 122 Å². The summed E-state index contributed by atoms with van der Waals surface area (Å²) in [5, 5.41) is 41.6. The summed E-state index contributed by atoms with van der Waals surface area (Å²) in [7, 11) is 0. The van der Waals surface area contributed by atoms with Gasteiger partial charge >= 0.3 is 0 Å². The molecule has 143 heavy (non-hydrogen) atoms. The molecule has 0 saturated heterocycles. The van der Waals surface area contributed by atoms with E-state index in [0.29, 0.717) is 158 Å². The number of phenols is 1. The number of phenolic OH excluding ortho intramolecular Hbond substituents is 1. The van der Waals surface area contributed by atoms with Crippen LogP contribution in [0, 0.1) is 26.3 Å². The van der Waals surface area contributed by atoms with E-state index in [0.717, 1.165) is 80.0 Å². The first kappa shape index (κ1) is 114. The fourth-order valence-corrected chi connectivity index (χ4v) is 14.4. The molecule has 1 unspecified atom stereocenters. The average molecular weight is 1990 g/mol. The standard InChI is InChI=1S/C29H32N2O5.C29H30N2O3.2C22H24N2O3.C10H15N.C7H7Br/c1-20(2)36-28-12-10-23(17-26(28)30-3)29(34)31-14-13-21-9-11-27(24(15-21)16-25(33)18-32)35-19-22-7-5-4-6-8-22;1-5-9-24-18-22(12-14-27(24)33-20-23-10-7-6-8-11-23)16-17-31-29(32)25-13-15-28(34-21(2)3)26(19-25)30-4;1-5-14-26-19-9-6-17(7-10-19)12-13-24-22(25)18-8-11-21(27-16(2)3)20(15-18)23-4;1-5-6-17-13-16(7-9-20(17)25)11-12-24-22(26)18-8-10-21(27-15(2)3)19(14-18)23-4;1-3-11(4-2)10-8-6-5-7-9-10;8-6-7-4-2-1-3-5-7/h4-12,15,17,20,25,32-33H,13-14,16,18-19H2,1-2H3,(H,31,34);5-8,10-15,18-19,21H,1,9,16-17,20H2,2-3H3,(H,31,32);5-11,15-16H,1,12-14H2,2-3H3,(H,24,25);5,7-10,13-15,25H,1,6,11-12H2,2-3H3,(H,24,26);5-9H,3-4H2,1-2H3;1-5H,6H2. The summed E-state index contributed by atoms with van der Waals surface area (Å²) >= 11 is 3.36. The minimum absolute atomic E-state index is 0.0289. The summed E-state index contributed by atoms with van der Waals surface area (Å²) in [5.41, 5.74) is 14.7. The zero-order chi connectivity index (χ0) is 104. The zero-order valence-corrected chi connectivity index (χ0v) is 85.0. The summed E-state index contributed by atoms with van der Waals surface area (Å²) < 4.78 is 39.9. The van der Waals surface area contributed by atoms with Crippen LogP contribution in [0.2, 0.25) is 0 Å². The van der Waals surface area contributed by atoms with Crippen LogP contribution in [0.1, 0.15) is 166 Å². The fraction of sp³-hybridized carbons (Fsp3) is 0.277. The molecule has 0 bridgehead atoms. The van der Waals surface area contributed by atoms with Crippen LogP contribution in [0.5, 0.6) is 46.0 Å². The number of halogens is 1. The molecule has 0 aliphatic rings. The molecule has 0 aliphatic heterocycles. The minimum atomic E-state index is -0.890. The van der Waals surface area contributed by atoms with Gasteiger partial charge in [0.25, 0.3) is 0 Å². The van der Waals surface area contributed by atoms with Crippen molar-refractivity contribution in [2.24, 2.45) is 0 Å². The van der Waals surface area contributed by atoms with Crippen LogP contribution in [0.15, 0.2) is 311 Å². The van der Waals surface area contributed by atoms with E-state index in [1.165, 1.54) is 17.3 Å². The highest BCUT2D eigenvalue weighted by molar-refractivity contribution is 9.08. The second-order valence-corrected chi connectivity index (χ2v) is 34.2. The Morgan fingerprint density at radius 1 is 0.378 bits per heavy atom. The number of nitrogens with one attached hydrogen (secondary N) is 4. The summed E-state index contributed by atoms with van der Waals surface area (Å²) in [4.78, 5) is 66.1. The van der Waals surface area contributed by atoms with E-state index in [1.54, 1.807) is 84.9 Å². The lowest BCUT2D eigenvalue weighted by Gasteiger charge is -2.20. The van der Waals surface area contributed by atoms with Crippen molar-refractivity contribution in [2.75, 3.05) is 57.4 Å². The molecular formula is C119H132BrN9O14. The molecule has 0 aliphatic carbocycles. The van der Waals surface area contributed by atoms with Crippen molar-refractivity contribution in [2.45, 2.75) is 163 Å². The predicted octanol–water partition coefficient (Wildman–Crippen LogP) is 24.9. The van der Waals surface area contributed by atoms with Crippen LogP contribution in [-0.2, 0) is 63.5 Å². The minimum Gasteiger partial charge on any atom is -0.508 e. The zero-order valence-electron chi connectivity index (χ0n) is 83.4. The molecule has 0 saturated carbocycles. The molecule has 0 heterocycles. The van der Waals surface area contributed by atoms with Gasteiger partial charge in [0.15, 0.2) is 0 Å². The highest BCUT2D eigenvalue weighted by Gasteiger charge is 2.20. The lowest BCUT2D eigenvalue weighted by atomic mass is 10.0. The number of alkyl halides is 1. The van der Waals surface area contributed by atoms with Crippen molar-refractivity contribution < 1.29 is 67.7 Å². The van der Waals surface area contributed by atoms with Crippen molar-refractivity contribution in [1.82, 2.24) is 21.3 Å². The lowest BCUT2D eigenvalue weighted by molar-refractivity contribution is 0.0945. The molecule has 0 fully saturated rings. The highest BCUT2D eigenvalue weighted by Crippen LogP contribution is 2.35. The first-order chi connectivity index (χ1) is 69.2. The Morgan fingerprint density at radius 2 is 0.692 bits per heavy atom.